The van der Waals surface area contributed by atoms with Gasteiger partial charge in [0, 0.05) is 19.3 Å². The number of anilines is 2. The SMILES string of the molecule is Cc1nn(CC(=O)Nc2ccn(C)n2)c(C)c1N. The van der Waals surface area contributed by atoms with Gasteiger partial charge in [0.1, 0.15) is 6.54 Å². The molecule has 0 saturated carbocycles. The number of amides is 1. The largest absolute Gasteiger partial charge is 0.396 e. The van der Waals surface area contributed by atoms with Crippen LogP contribution in [0.15, 0.2) is 12.3 Å². The lowest BCUT2D eigenvalue weighted by atomic mass is 10.3. The molecule has 0 unspecified atom stereocenters. The van der Waals surface area contributed by atoms with Gasteiger partial charge in [0.05, 0.1) is 17.1 Å². The third-order valence-electron chi connectivity index (χ3n) is 2.71. The van der Waals surface area contributed by atoms with Gasteiger partial charge in [-0.3, -0.25) is 14.2 Å². The molecule has 0 spiro atoms. The van der Waals surface area contributed by atoms with Crippen LogP contribution in [0.2, 0.25) is 0 Å². The van der Waals surface area contributed by atoms with Crippen molar-refractivity contribution in [3.8, 4) is 0 Å². The molecule has 0 radical (unpaired) electrons. The van der Waals surface area contributed by atoms with Crippen LogP contribution in [0.25, 0.3) is 0 Å². The normalized spacial score (nSPS) is 10.6. The fourth-order valence-corrected chi connectivity index (χ4v) is 1.66. The lowest BCUT2D eigenvalue weighted by molar-refractivity contribution is -0.117. The number of rotatable bonds is 3. The minimum atomic E-state index is -0.181. The average Bonchev–Trinajstić information content (AvgIpc) is 2.80. The van der Waals surface area contributed by atoms with Gasteiger partial charge < -0.3 is 11.1 Å². The second-order valence-electron chi connectivity index (χ2n) is 4.16. The maximum absolute atomic E-state index is 11.8. The number of nitrogens with zero attached hydrogens (tertiary/aromatic N) is 4. The van der Waals surface area contributed by atoms with Gasteiger partial charge in [-0.25, -0.2) is 0 Å². The van der Waals surface area contributed by atoms with Crippen molar-refractivity contribution in [1.29, 1.82) is 0 Å². The summed E-state index contributed by atoms with van der Waals surface area (Å²) in [6.45, 7) is 3.78. The number of hydrogen-bond donors (Lipinski definition) is 2. The molecule has 0 atom stereocenters. The lowest BCUT2D eigenvalue weighted by Gasteiger charge is -2.04. The van der Waals surface area contributed by atoms with E-state index >= 15 is 0 Å². The van der Waals surface area contributed by atoms with Gasteiger partial charge in [-0.2, -0.15) is 10.2 Å². The van der Waals surface area contributed by atoms with Crippen molar-refractivity contribution in [2.45, 2.75) is 20.4 Å². The molecule has 0 saturated heterocycles. The predicted molar refractivity (Wildman–Crippen MR) is 68.0 cm³/mol. The molecule has 1 amide bonds. The topological polar surface area (TPSA) is 90.8 Å². The van der Waals surface area contributed by atoms with Crippen LogP contribution in [0.4, 0.5) is 11.5 Å². The zero-order valence-corrected chi connectivity index (χ0v) is 10.6. The van der Waals surface area contributed by atoms with Crippen LogP contribution >= 0.6 is 0 Å². The number of carbonyl (C=O) groups is 1. The minimum Gasteiger partial charge on any atom is -0.396 e. The fraction of sp³-hybridized carbons (Fsp3) is 0.364. The van der Waals surface area contributed by atoms with E-state index in [1.807, 2.05) is 13.8 Å². The number of nitrogens with one attached hydrogen (secondary N) is 1. The van der Waals surface area contributed by atoms with Gasteiger partial charge in [-0.15, -0.1) is 0 Å². The Hall–Kier alpha value is -2.31. The van der Waals surface area contributed by atoms with Crippen LogP contribution in [-0.2, 0) is 18.4 Å². The highest BCUT2D eigenvalue weighted by atomic mass is 16.2. The third kappa shape index (κ3) is 2.34. The summed E-state index contributed by atoms with van der Waals surface area (Å²) < 4.78 is 3.21. The van der Waals surface area contributed by atoms with Crippen molar-refractivity contribution >= 4 is 17.4 Å². The van der Waals surface area contributed by atoms with Crippen molar-refractivity contribution in [2.75, 3.05) is 11.1 Å². The summed E-state index contributed by atoms with van der Waals surface area (Å²) in [7, 11) is 1.79. The standard InChI is InChI=1S/C11H16N6O/c1-7-11(12)8(2)17(14-7)6-10(18)13-9-4-5-16(3)15-9/h4-5H,6,12H2,1-3H3,(H,13,15,18). The zero-order chi connectivity index (χ0) is 13.3. The molecule has 0 aliphatic heterocycles. The van der Waals surface area contributed by atoms with Crippen LogP contribution in [0, 0.1) is 13.8 Å². The van der Waals surface area contributed by atoms with Crippen LogP contribution in [0.3, 0.4) is 0 Å². The molecule has 2 rings (SSSR count). The highest BCUT2D eigenvalue weighted by Crippen LogP contribution is 2.14. The molecule has 2 aromatic rings. The van der Waals surface area contributed by atoms with Crippen molar-refractivity contribution in [3.05, 3.63) is 23.7 Å². The Bertz CT molecular complexity index is 582. The molecule has 0 aliphatic carbocycles. The lowest BCUT2D eigenvalue weighted by Crippen LogP contribution is -2.20. The van der Waals surface area contributed by atoms with E-state index in [4.69, 9.17) is 5.73 Å². The Morgan fingerprint density at radius 1 is 1.44 bits per heavy atom. The van der Waals surface area contributed by atoms with Gasteiger partial charge in [-0.1, -0.05) is 0 Å². The number of nitrogens with two attached hydrogens (primary N) is 1. The number of aryl methyl sites for hydroxylation is 2. The van der Waals surface area contributed by atoms with E-state index in [9.17, 15) is 4.79 Å². The summed E-state index contributed by atoms with van der Waals surface area (Å²) in [6, 6.07) is 1.73. The van der Waals surface area contributed by atoms with E-state index in [-0.39, 0.29) is 12.5 Å². The number of carbonyl (C=O) groups excluding carboxylic acids is 1. The Morgan fingerprint density at radius 2 is 2.17 bits per heavy atom. The fourth-order valence-electron chi connectivity index (χ4n) is 1.66. The first kappa shape index (κ1) is 12.2. The van der Waals surface area contributed by atoms with Crippen LogP contribution in [0.5, 0.6) is 0 Å². The molecule has 3 N–H and O–H groups in total. The van der Waals surface area contributed by atoms with Crippen LogP contribution in [-0.4, -0.2) is 25.5 Å². The summed E-state index contributed by atoms with van der Waals surface area (Å²) >= 11 is 0. The van der Waals surface area contributed by atoms with E-state index in [0.29, 0.717) is 11.5 Å². The van der Waals surface area contributed by atoms with Crippen molar-refractivity contribution < 1.29 is 4.79 Å². The average molecular weight is 248 g/mol. The Kier molecular flexibility index (Phi) is 3.05. The summed E-state index contributed by atoms with van der Waals surface area (Å²) in [5.41, 5.74) is 7.96. The maximum Gasteiger partial charge on any atom is 0.247 e. The van der Waals surface area contributed by atoms with Crippen LogP contribution in [0.1, 0.15) is 11.4 Å². The Labute approximate surface area is 105 Å². The summed E-state index contributed by atoms with van der Waals surface area (Å²) in [4.78, 5) is 11.8. The van der Waals surface area contributed by atoms with Gasteiger partial charge in [0.15, 0.2) is 5.82 Å². The second-order valence-corrected chi connectivity index (χ2v) is 4.16. The van der Waals surface area contributed by atoms with E-state index in [2.05, 4.69) is 15.5 Å². The van der Waals surface area contributed by atoms with E-state index in [1.165, 1.54) is 0 Å². The molecule has 0 aromatic carbocycles. The molecule has 0 bridgehead atoms. The quantitative estimate of drug-likeness (QED) is 0.825. The molecule has 7 heteroatoms. The molecule has 96 valence electrons. The second kappa shape index (κ2) is 4.52. The Balaban J connectivity index is 2.05. The predicted octanol–water partition coefficient (Wildman–Crippen LogP) is 0.454. The van der Waals surface area contributed by atoms with Gasteiger partial charge in [-0.05, 0) is 13.8 Å². The first-order chi connectivity index (χ1) is 8.47. The number of nitrogen functional groups attached to an aromatic ring is 1. The monoisotopic (exact) mass is 248 g/mol. The molecule has 0 aliphatic rings. The van der Waals surface area contributed by atoms with E-state index < -0.39 is 0 Å². The first-order valence-electron chi connectivity index (χ1n) is 5.56. The summed E-state index contributed by atoms with van der Waals surface area (Å²) in [5.74, 6) is 0.344. The van der Waals surface area contributed by atoms with Crippen LogP contribution < -0.4 is 11.1 Å². The van der Waals surface area contributed by atoms with Gasteiger partial charge in [0.2, 0.25) is 5.91 Å². The van der Waals surface area contributed by atoms with E-state index in [0.717, 1.165) is 11.4 Å². The maximum atomic E-state index is 11.8. The molecule has 18 heavy (non-hydrogen) atoms. The molecule has 2 aromatic heterocycles. The number of hydrogen-bond acceptors (Lipinski definition) is 4. The minimum absolute atomic E-state index is 0.125. The molecular weight excluding hydrogens is 232 g/mol. The summed E-state index contributed by atoms with van der Waals surface area (Å²) in [5, 5.41) is 11.0. The van der Waals surface area contributed by atoms with Gasteiger partial charge >= 0.3 is 0 Å². The zero-order valence-electron chi connectivity index (χ0n) is 10.6. The van der Waals surface area contributed by atoms with E-state index in [1.54, 1.807) is 28.7 Å². The molecule has 2 heterocycles. The third-order valence-corrected chi connectivity index (χ3v) is 2.71. The molecular formula is C11H16N6O. The first-order valence-corrected chi connectivity index (χ1v) is 5.56. The Morgan fingerprint density at radius 3 is 2.67 bits per heavy atom. The number of aromatic nitrogens is 4. The van der Waals surface area contributed by atoms with Crippen molar-refractivity contribution in [2.24, 2.45) is 7.05 Å². The van der Waals surface area contributed by atoms with Gasteiger partial charge in [0.25, 0.3) is 0 Å². The summed E-state index contributed by atoms with van der Waals surface area (Å²) in [6.07, 6.45) is 1.76. The molecule has 0 fully saturated rings. The molecule has 7 nitrogen and oxygen atoms in total. The highest BCUT2D eigenvalue weighted by Gasteiger charge is 2.12. The smallest absolute Gasteiger partial charge is 0.247 e. The highest BCUT2D eigenvalue weighted by molar-refractivity contribution is 5.89. The van der Waals surface area contributed by atoms with Crippen molar-refractivity contribution in [1.82, 2.24) is 19.6 Å². The van der Waals surface area contributed by atoms with Crippen molar-refractivity contribution in [3.63, 3.8) is 0 Å².